The first kappa shape index (κ1) is 13.7. The third-order valence-electron chi connectivity index (χ3n) is 2.57. The van der Waals surface area contributed by atoms with E-state index in [1.54, 1.807) is 7.11 Å². The second kappa shape index (κ2) is 5.31. The molecule has 0 amide bonds. The topological polar surface area (TPSA) is 44.5 Å². The van der Waals surface area contributed by atoms with Crippen molar-refractivity contribution in [2.75, 3.05) is 19.5 Å². The molecule has 3 nitrogen and oxygen atoms in total. The van der Waals surface area contributed by atoms with Crippen molar-refractivity contribution in [1.29, 1.82) is 0 Å². The second-order valence-corrected chi connectivity index (χ2v) is 4.36. The number of anilines is 1. The number of nitrogens with two attached hydrogens (primary N) is 1. The Kier molecular flexibility index (Phi) is 4.28. The van der Waals surface area contributed by atoms with E-state index in [1.165, 1.54) is 0 Å². The first-order valence-electron chi connectivity index (χ1n) is 5.28. The summed E-state index contributed by atoms with van der Waals surface area (Å²) in [7, 11) is 1.59. The number of rotatable bonds is 5. The van der Waals surface area contributed by atoms with Crippen LogP contribution in [0.5, 0.6) is 5.75 Å². The summed E-state index contributed by atoms with van der Waals surface area (Å²) in [6, 6.07) is 1.79. The lowest BCUT2D eigenvalue weighted by Gasteiger charge is -2.22. The van der Waals surface area contributed by atoms with Crippen LogP contribution in [-0.4, -0.2) is 19.3 Å². The van der Waals surface area contributed by atoms with E-state index in [4.69, 9.17) is 15.2 Å². The molecule has 1 aromatic carbocycles. The van der Waals surface area contributed by atoms with Gasteiger partial charge in [-0.2, -0.15) is 0 Å². The van der Waals surface area contributed by atoms with Gasteiger partial charge in [-0.15, -0.1) is 0 Å². The molecule has 0 unspecified atom stereocenters. The number of halogens is 2. The molecule has 0 saturated heterocycles. The highest BCUT2D eigenvalue weighted by molar-refractivity contribution is 5.53. The van der Waals surface area contributed by atoms with Crippen molar-refractivity contribution >= 4 is 5.69 Å². The minimum absolute atomic E-state index is 0.0226. The molecule has 0 aliphatic carbocycles. The predicted molar refractivity (Wildman–Crippen MR) is 62.0 cm³/mol. The average molecular weight is 245 g/mol. The van der Waals surface area contributed by atoms with Gasteiger partial charge in [0.25, 0.3) is 0 Å². The molecule has 2 N–H and O–H groups in total. The van der Waals surface area contributed by atoms with E-state index in [0.717, 1.165) is 12.1 Å². The zero-order valence-electron chi connectivity index (χ0n) is 10.2. The molecule has 0 aliphatic heterocycles. The first-order chi connectivity index (χ1) is 7.85. The van der Waals surface area contributed by atoms with Crippen LogP contribution in [0.2, 0.25) is 0 Å². The van der Waals surface area contributed by atoms with Gasteiger partial charge in [0.15, 0.2) is 5.82 Å². The molecule has 0 radical (unpaired) electrons. The van der Waals surface area contributed by atoms with Crippen LogP contribution in [0.3, 0.4) is 0 Å². The smallest absolute Gasteiger partial charge is 0.152 e. The zero-order chi connectivity index (χ0) is 13.1. The molecule has 17 heavy (non-hydrogen) atoms. The SMILES string of the molecule is COC(C)(C)CCOc1cc(F)cc(F)c1N. The number of hydrogen-bond acceptors (Lipinski definition) is 3. The van der Waals surface area contributed by atoms with Crippen LogP contribution in [0.25, 0.3) is 0 Å². The monoisotopic (exact) mass is 245 g/mol. The van der Waals surface area contributed by atoms with Crippen molar-refractivity contribution in [3.8, 4) is 5.75 Å². The first-order valence-corrected chi connectivity index (χ1v) is 5.28. The van der Waals surface area contributed by atoms with Crippen LogP contribution in [0, 0.1) is 11.6 Å². The number of hydrogen-bond donors (Lipinski definition) is 1. The lowest BCUT2D eigenvalue weighted by molar-refractivity contribution is 0.00548. The molecule has 0 heterocycles. The average Bonchev–Trinajstić information content (AvgIpc) is 2.24. The molecule has 0 aromatic heterocycles. The maximum absolute atomic E-state index is 13.1. The van der Waals surface area contributed by atoms with Crippen molar-refractivity contribution < 1.29 is 18.3 Å². The Bertz CT molecular complexity index is 394. The largest absolute Gasteiger partial charge is 0.491 e. The van der Waals surface area contributed by atoms with E-state index < -0.39 is 11.6 Å². The predicted octanol–water partition coefficient (Wildman–Crippen LogP) is 2.74. The Morgan fingerprint density at radius 2 is 1.94 bits per heavy atom. The Morgan fingerprint density at radius 1 is 1.29 bits per heavy atom. The summed E-state index contributed by atoms with van der Waals surface area (Å²) in [6.45, 7) is 4.06. The van der Waals surface area contributed by atoms with E-state index in [9.17, 15) is 8.78 Å². The lowest BCUT2D eigenvalue weighted by atomic mass is 10.1. The number of benzene rings is 1. The summed E-state index contributed by atoms with van der Waals surface area (Å²) in [5.74, 6) is -1.50. The fraction of sp³-hybridized carbons (Fsp3) is 0.500. The van der Waals surface area contributed by atoms with Crippen molar-refractivity contribution in [2.24, 2.45) is 0 Å². The Balaban J connectivity index is 2.64. The number of nitrogen functional groups attached to an aromatic ring is 1. The van der Waals surface area contributed by atoms with Gasteiger partial charge in [0.1, 0.15) is 17.3 Å². The summed E-state index contributed by atoms with van der Waals surface area (Å²) in [5.41, 5.74) is 4.91. The summed E-state index contributed by atoms with van der Waals surface area (Å²) in [4.78, 5) is 0. The Labute approximate surface area is 99.5 Å². The molecule has 0 fully saturated rings. The number of ether oxygens (including phenoxy) is 2. The second-order valence-electron chi connectivity index (χ2n) is 4.36. The van der Waals surface area contributed by atoms with Crippen LogP contribution in [0.4, 0.5) is 14.5 Å². The number of methoxy groups -OCH3 is 1. The highest BCUT2D eigenvalue weighted by Gasteiger charge is 2.17. The molecule has 0 atom stereocenters. The van der Waals surface area contributed by atoms with Gasteiger partial charge in [-0.3, -0.25) is 0 Å². The van der Waals surface area contributed by atoms with Crippen molar-refractivity contribution in [3.05, 3.63) is 23.8 Å². The quantitative estimate of drug-likeness (QED) is 0.811. The highest BCUT2D eigenvalue weighted by Crippen LogP contribution is 2.26. The van der Waals surface area contributed by atoms with Crippen molar-refractivity contribution in [3.63, 3.8) is 0 Å². The molecule has 1 rings (SSSR count). The maximum Gasteiger partial charge on any atom is 0.152 e. The molecular weight excluding hydrogens is 228 g/mol. The summed E-state index contributed by atoms with van der Waals surface area (Å²) >= 11 is 0. The third kappa shape index (κ3) is 3.85. The molecule has 0 bridgehead atoms. The normalized spacial score (nSPS) is 11.6. The van der Waals surface area contributed by atoms with Crippen molar-refractivity contribution in [2.45, 2.75) is 25.9 Å². The van der Waals surface area contributed by atoms with Gasteiger partial charge < -0.3 is 15.2 Å². The summed E-state index contributed by atoms with van der Waals surface area (Å²) in [6.07, 6.45) is 0.584. The van der Waals surface area contributed by atoms with E-state index in [-0.39, 0.29) is 23.6 Å². The molecule has 1 aromatic rings. The fourth-order valence-corrected chi connectivity index (χ4v) is 1.19. The van der Waals surface area contributed by atoms with Gasteiger partial charge in [-0.1, -0.05) is 0 Å². The minimum atomic E-state index is -0.814. The molecule has 5 heteroatoms. The summed E-state index contributed by atoms with van der Waals surface area (Å²) in [5, 5.41) is 0. The minimum Gasteiger partial charge on any atom is -0.491 e. The maximum atomic E-state index is 13.1. The van der Waals surface area contributed by atoms with Crippen LogP contribution >= 0.6 is 0 Å². The van der Waals surface area contributed by atoms with E-state index in [1.807, 2.05) is 13.8 Å². The molecule has 0 saturated carbocycles. The van der Waals surface area contributed by atoms with Crippen LogP contribution in [0.15, 0.2) is 12.1 Å². The fourth-order valence-electron chi connectivity index (χ4n) is 1.19. The standard InChI is InChI=1S/C12H17F2NO2/c1-12(2,16-3)4-5-17-10-7-8(13)6-9(14)11(10)15/h6-7H,4-5,15H2,1-3H3. The molecule has 0 aliphatic rings. The Morgan fingerprint density at radius 3 is 2.53 bits per heavy atom. The molecule has 96 valence electrons. The van der Waals surface area contributed by atoms with E-state index in [2.05, 4.69) is 0 Å². The van der Waals surface area contributed by atoms with Crippen molar-refractivity contribution in [1.82, 2.24) is 0 Å². The van der Waals surface area contributed by atoms with Crippen LogP contribution in [0.1, 0.15) is 20.3 Å². The lowest BCUT2D eigenvalue weighted by Crippen LogP contribution is -2.25. The van der Waals surface area contributed by atoms with E-state index >= 15 is 0 Å². The van der Waals surface area contributed by atoms with E-state index in [0.29, 0.717) is 6.42 Å². The van der Waals surface area contributed by atoms with Gasteiger partial charge in [0, 0.05) is 25.7 Å². The van der Waals surface area contributed by atoms with Crippen LogP contribution in [-0.2, 0) is 4.74 Å². The molecular formula is C12H17F2NO2. The van der Waals surface area contributed by atoms with Gasteiger partial charge in [0.2, 0.25) is 0 Å². The zero-order valence-corrected chi connectivity index (χ0v) is 10.2. The van der Waals surface area contributed by atoms with Crippen LogP contribution < -0.4 is 10.5 Å². The van der Waals surface area contributed by atoms with Gasteiger partial charge in [0.05, 0.1) is 12.2 Å². The highest BCUT2D eigenvalue weighted by atomic mass is 19.1. The Hall–Kier alpha value is -1.36. The molecule has 0 spiro atoms. The van der Waals surface area contributed by atoms with Gasteiger partial charge in [-0.05, 0) is 13.8 Å². The summed E-state index contributed by atoms with van der Waals surface area (Å²) < 4.78 is 36.5. The van der Waals surface area contributed by atoms with Gasteiger partial charge >= 0.3 is 0 Å². The van der Waals surface area contributed by atoms with Gasteiger partial charge in [-0.25, -0.2) is 8.78 Å². The third-order valence-corrected chi connectivity index (χ3v) is 2.57.